The fourth-order valence-electron chi connectivity index (χ4n) is 2.93. The summed E-state index contributed by atoms with van der Waals surface area (Å²) < 4.78 is 11.8. The van der Waals surface area contributed by atoms with Crippen LogP contribution in [0.15, 0.2) is 35.4 Å². The lowest BCUT2D eigenvalue weighted by Gasteiger charge is -2.07. The van der Waals surface area contributed by atoms with Crippen LogP contribution < -0.4 is 5.56 Å². The Bertz CT molecular complexity index is 1130. The van der Waals surface area contributed by atoms with Crippen LogP contribution in [-0.4, -0.2) is 34.7 Å². The van der Waals surface area contributed by atoms with Gasteiger partial charge in [-0.1, -0.05) is 26.0 Å². The third kappa shape index (κ3) is 4.59. The number of thiophene rings is 1. The molecular formula is C22H24N2O5S. The molecule has 0 N–H and O–H groups in total. The number of aromatic nitrogens is 2. The Morgan fingerprint density at radius 3 is 2.47 bits per heavy atom. The first-order chi connectivity index (χ1) is 14.3. The van der Waals surface area contributed by atoms with E-state index in [0.717, 1.165) is 5.56 Å². The van der Waals surface area contributed by atoms with E-state index in [9.17, 15) is 14.4 Å². The summed E-state index contributed by atoms with van der Waals surface area (Å²) in [5.41, 5.74) is 1.68. The number of carbonyl (C=O) groups is 2. The number of nitrogens with zero attached hydrogens (tertiary/aromatic N) is 2. The van der Waals surface area contributed by atoms with Crippen LogP contribution >= 0.6 is 11.3 Å². The molecule has 0 saturated carbocycles. The normalized spacial score (nSPS) is 11.1. The quantitative estimate of drug-likeness (QED) is 0.532. The number of rotatable bonds is 7. The van der Waals surface area contributed by atoms with E-state index in [0.29, 0.717) is 46.0 Å². The van der Waals surface area contributed by atoms with Crippen molar-refractivity contribution in [2.45, 2.75) is 34.2 Å². The van der Waals surface area contributed by atoms with E-state index in [4.69, 9.17) is 9.47 Å². The van der Waals surface area contributed by atoms with Gasteiger partial charge in [-0.05, 0) is 43.0 Å². The number of fused-ring (bicyclic) bond motifs is 1. The maximum Gasteiger partial charge on any atom is 0.348 e. The Kier molecular flexibility index (Phi) is 6.66. The Labute approximate surface area is 178 Å². The molecule has 0 radical (unpaired) electrons. The van der Waals surface area contributed by atoms with Gasteiger partial charge in [0.1, 0.15) is 9.71 Å². The average molecular weight is 429 g/mol. The predicted octanol–water partition coefficient (Wildman–Crippen LogP) is 3.80. The van der Waals surface area contributed by atoms with Gasteiger partial charge in [0.05, 0.1) is 37.0 Å². The number of esters is 2. The predicted molar refractivity (Wildman–Crippen MR) is 115 cm³/mol. The highest BCUT2D eigenvalue weighted by Crippen LogP contribution is 2.27. The van der Waals surface area contributed by atoms with Crippen LogP contribution in [0, 0.1) is 12.8 Å². The average Bonchev–Trinajstić information content (AvgIpc) is 3.06. The van der Waals surface area contributed by atoms with Gasteiger partial charge in [-0.3, -0.25) is 9.36 Å². The van der Waals surface area contributed by atoms with Gasteiger partial charge in [-0.15, -0.1) is 11.3 Å². The molecule has 2 heterocycles. The zero-order valence-electron chi connectivity index (χ0n) is 17.4. The Morgan fingerprint density at radius 1 is 1.13 bits per heavy atom. The molecule has 1 aromatic carbocycles. The summed E-state index contributed by atoms with van der Waals surface area (Å²) in [4.78, 5) is 42.5. The number of aryl methyl sites for hydroxylation is 1. The van der Waals surface area contributed by atoms with Crippen LogP contribution in [0.5, 0.6) is 0 Å². The molecule has 3 rings (SSSR count). The summed E-state index contributed by atoms with van der Waals surface area (Å²) in [6.07, 6.45) is 1.48. The number of carbonyl (C=O) groups excluding carboxylic acids is 2. The molecule has 0 aliphatic heterocycles. The minimum Gasteiger partial charge on any atom is -0.462 e. The maximum absolute atomic E-state index is 13.0. The summed E-state index contributed by atoms with van der Waals surface area (Å²) in [5.74, 6) is -0.575. The van der Waals surface area contributed by atoms with Crippen LogP contribution in [0.25, 0.3) is 10.2 Å². The van der Waals surface area contributed by atoms with E-state index in [1.54, 1.807) is 38.1 Å². The first kappa shape index (κ1) is 21.7. The van der Waals surface area contributed by atoms with Crippen LogP contribution in [-0.2, 0) is 16.0 Å². The first-order valence-corrected chi connectivity index (χ1v) is 10.5. The molecule has 0 amide bonds. The number of benzene rings is 1. The zero-order chi connectivity index (χ0) is 21.8. The minimum absolute atomic E-state index is 0.217. The Balaban J connectivity index is 1.86. The van der Waals surface area contributed by atoms with E-state index in [2.05, 4.69) is 4.98 Å². The topological polar surface area (TPSA) is 87.5 Å². The molecular weight excluding hydrogens is 404 g/mol. The molecule has 158 valence electrons. The van der Waals surface area contributed by atoms with E-state index in [1.807, 2.05) is 13.8 Å². The van der Waals surface area contributed by atoms with Crippen LogP contribution in [0.3, 0.4) is 0 Å². The highest BCUT2D eigenvalue weighted by Gasteiger charge is 2.21. The van der Waals surface area contributed by atoms with Crippen molar-refractivity contribution in [1.82, 2.24) is 9.55 Å². The zero-order valence-corrected chi connectivity index (χ0v) is 18.2. The van der Waals surface area contributed by atoms with Crippen molar-refractivity contribution in [3.63, 3.8) is 0 Å². The molecule has 2 aromatic heterocycles. The molecule has 0 aliphatic carbocycles. The van der Waals surface area contributed by atoms with Crippen molar-refractivity contribution in [3.8, 4) is 0 Å². The van der Waals surface area contributed by atoms with Gasteiger partial charge in [0.2, 0.25) is 0 Å². The summed E-state index contributed by atoms with van der Waals surface area (Å²) in [6.45, 7) is 8.36. The SMILES string of the molecule is CCOC(=O)c1ccc(Cn2cnc3sc(C(=O)OCC(C)C)c(C)c3c2=O)cc1. The van der Waals surface area contributed by atoms with Crippen LogP contribution in [0.1, 0.15) is 51.9 Å². The lowest BCUT2D eigenvalue weighted by Crippen LogP contribution is -2.21. The molecule has 0 atom stereocenters. The summed E-state index contributed by atoms with van der Waals surface area (Å²) in [7, 11) is 0. The van der Waals surface area contributed by atoms with Crippen LogP contribution in [0.2, 0.25) is 0 Å². The summed E-state index contributed by atoms with van der Waals surface area (Å²) >= 11 is 1.17. The Morgan fingerprint density at radius 2 is 1.83 bits per heavy atom. The highest BCUT2D eigenvalue weighted by molar-refractivity contribution is 7.20. The van der Waals surface area contributed by atoms with E-state index >= 15 is 0 Å². The third-order valence-corrected chi connectivity index (χ3v) is 5.65. The van der Waals surface area contributed by atoms with E-state index in [1.165, 1.54) is 22.2 Å². The molecule has 0 unspecified atom stereocenters. The molecule has 0 saturated heterocycles. The fourth-order valence-corrected chi connectivity index (χ4v) is 3.96. The van der Waals surface area contributed by atoms with E-state index < -0.39 is 5.97 Å². The monoisotopic (exact) mass is 428 g/mol. The third-order valence-electron chi connectivity index (χ3n) is 4.47. The molecule has 8 heteroatoms. The smallest absolute Gasteiger partial charge is 0.348 e. The van der Waals surface area contributed by atoms with Gasteiger partial charge in [0, 0.05) is 0 Å². The van der Waals surface area contributed by atoms with Gasteiger partial charge in [-0.25, -0.2) is 14.6 Å². The molecule has 7 nitrogen and oxygen atoms in total. The number of hydrogen-bond acceptors (Lipinski definition) is 7. The summed E-state index contributed by atoms with van der Waals surface area (Å²) in [5, 5.41) is 0.433. The van der Waals surface area contributed by atoms with E-state index in [-0.39, 0.29) is 17.4 Å². The second-order valence-corrected chi connectivity index (χ2v) is 8.32. The second kappa shape index (κ2) is 9.21. The van der Waals surface area contributed by atoms with Crippen molar-refractivity contribution in [1.29, 1.82) is 0 Å². The number of hydrogen-bond donors (Lipinski definition) is 0. The fraction of sp³-hybridized carbons (Fsp3) is 0.364. The summed E-state index contributed by atoms with van der Waals surface area (Å²) in [6, 6.07) is 6.89. The van der Waals surface area contributed by atoms with Crippen molar-refractivity contribution < 1.29 is 19.1 Å². The molecule has 0 spiro atoms. The van der Waals surface area contributed by atoms with Gasteiger partial charge in [0.25, 0.3) is 5.56 Å². The Hall–Kier alpha value is -3.00. The van der Waals surface area contributed by atoms with Crippen molar-refractivity contribution in [3.05, 3.63) is 62.5 Å². The second-order valence-electron chi connectivity index (χ2n) is 7.32. The molecule has 0 bridgehead atoms. The highest BCUT2D eigenvalue weighted by atomic mass is 32.1. The standard InChI is InChI=1S/C22H24N2O5S/c1-5-28-21(26)16-8-6-15(7-9-16)10-24-12-23-19-17(20(24)25)14(4)18(30-19)22(27)29-11-13(2)3/h6-9,12-13H,5,10-11H2,1-4H3. The van der Waals surface area contributed by atoms with Crippen molar-refractivity contribution >= 4 is 33.5 Å². The largest absolute Gasteiger partial charge is 0.462 e. The maximum atomic E-state index is 13.0. The first-order valence-electron chi connectivity index (χ1n) is 9.73. The molecule has 30 heavy (non-hydrogen) atoms. The van der Waals surface area contributed by atoms with Gasteiger partial charge in [0.15, 0.2) is 0 Å². The van der Waals surface area contributed by atoms with Crippen molar-refractivity contribution in [2.24, 2.45) is 5.92 Å². The lowest BCUT2D eigenvalue weighted by molar-refractivity contribution is 0.0463. The van der Waals surface area contributed by atoms with Gasteiger partial charge >= 0.3 is 11.9 Å². The molecule has 3 aromatic rings. The van der Waals surface area contributed by atoms with Crippen molar-refractivity contribution in [2.75, 3.05) is 13.2 Å². The number of ether oxygens (including phenoxy) is 2. The molecule has 0 fully saturated rings. The van der Waals surface area contributed by atoms with Crippen LogP contribution in [0.4, 0.5) is 0 Å². The molecule has 0 aliphatic rings. The minimum atomic E-state index is -0.426. The van der Waals surface area contributed by atoms with Gasteiger partial charge < -0.3 is 9.47 Å². The van der Waals surface area contributed by atoms with Gasteiger partial charge in [-0.2, -0.15) is 0 Å². The lowest BCUT2D eigenvalue weighted by atomic mass is 10.1.